The van der Waals surface area contributed by atoms with Gasteiger partial charge in [-0.1, -0.05) is 26.7 Å². The summed E-state index contributed by atoms with van der Waals surface area (Å²) in [7, 11) is 0. The molecule has 3 nitrogen and oxygen atoms in total. The molecule has 106 valence electrons. The maximum Gasteiger partial charge on any atom is 0.152 e. The molecule has 0 aromatic carbocycles. The standard InChI is InChI=1S/C15H24BrN3/c1-11(2)7-8-19(13-5-3-4-6-13)15-14(17)9-12(16)10-18-15/h9-11,13H,3-8,17H2,1-2H3. The third-order valence-electron chi connectivity index (χ3n) is 3.85. The lowest BCUT2D eigenvalue weighted by Gasteiger charge is -2.31. The van der Waals surface area contributed by atoms with Gasteiger partial charge in [0.15, 0.2) is 5.82 Å². The van der Waals surface area contributed by atoms with Crippen LogP contribution in [0.2, 0.25) is 0 Å². The first-order chi connectivity index (χ1) is 9.08. The van der Waals surface area contributed by atoms with Gasteiger partial charge < -0.3 is 10.6 Å². The zero-order chi connectivity index (χ0) is 13.8. The molecular weight excluding hydrogens is 302 g/mol. The number of rotatable bonds is 5. The molecule has 1 heterocycles. The van der Waals surface area contributed by atoms with Gasteiger partial charge in [-0.2, -0.15) is 0 Å². The average molecular weight is 326 g/mol. The van der Waals surface area contributed by atoms with E-state index in [0.717, 1.165) is 22.5 Å². The summed E-state index contributed by atoms with van der Waals surface area (Å²) in [5.74, 6) is 1.68. The highest BCUT2D eigenvalue weighted by Gasteiger charge is 2.25. The molecule has 1 aromatic rings. The van der Waals surface area contributed by atoms with Crippen molar-refractivity contribution in [2.45, 2.75) is 52.0 Å². The quantitative estimate of drug-likeness (QED) is 0.881. The largest absolute Gasteiger partial charge is 0.396 e. The van der Waals surface area contributed by atoms with E-state index in [1.807, 2.05) is 12.3 Å². The fourth-order valence-electron chi connectivity index (χ4n) is 2.76. The van der Waals surface area contributed by atoms with Crippen LogP contribution < -0.4 is 10.6 Å². The first-order valence-electron chi connectivity index (χ1n) is 7.25. The molecule has 0 unspecified atom stereocenters. The molecule has 0 atom stereocenters. The van der Waals surface area contributed by atoms with E-state index >= 15 is 0 Å². The highest BCUT2D eigenvalue weighted by atomic mass is 79.9. The molecule has 19 heavy (non-hydrogen) atoms. The van der Waals surface area contributed by atoms with Gasteiger partial charge in [0.25, 0.3) is 0 Å². The van der Waals surface area contributed by atoms with E-state index in [9.17, 15) is 0 Å². The van der Waals surface area contributed by atoms with Crippen molar-refractivity contribution in [1.29, 1.82) is 0 Å². The number of nitrogens with zero attached hydrogens (tertiary/aromatic N) is 2. The van der Waals surface area contributed by atoms with Crippen molar-refractivity contribution in [3.05, 3.63) is 16.7 Å². The van der Waals surface area contributed by atoms with Gasteiger partial charge in [0.1, 0.15) is 0 Å². The fraction of sp³-hybridized carbons (Fsp3) is 0.667. The van der Waals surface area contributed by atoms with Gasteiger partial charge in [0.2, 0.25) is 0 Å². The molecule has 1 aromatic heterocycles. The molecule has 0 bridgehead atoms. The van der Waals surface area contributed by atoms with E-state index in [0.29, 0.717) is 12.0 Å². The molecular formula is C15H24BrN3. The van der Waals surface area contributed by atoms with Gasteiger partial charge in [-0.3, -0.25) is 0 Å². The smallest absolute Gasteiger partial charge is 0.152 e. The number of hydrogen-bond acceptors (Lipinski definition) is 3. The third-order valence-corrected chi connectivity index (χ3v) is 4.28. The van der Waals surface area contributed by atoms with E-state index < -0.39 is 0 Å². The number of hydrogen-bond donors (Lipinski definition) is 1. The van der Waals surface area contributed by atoms with Crippen LogP contribution in [-0.2, 0) is 0 Å². The van der Waals surface area contributed by atoms with E-state index in [4.69, 9.17) is 5.73 Å². The molecule has 1 saturated carbocycles. The van der Waals surface area contributed by atoms with Gasteiger partial charge in [-0.15, -0.1) is 0 Å². The molecule has 0 spiro atoms. The summed E-state index contributed by atoms with van der Waals surface area (Å²) in [5, 5.41) is 0. The Balaban J connectivity index is 2.19. The molecule has 0 saturated heterocycles. The summed E-state index contributed by atoms with van der Waals surface area (Å²) < 4.78 is 0.948. The molecule has 1 aliphatic carbocycles. The SMILES string of the molecule is CC(C)CCN(c1ncc(Br)cc1N)C1CCCC1. The van der Waals surface area contributed by atoms with Crippen molar-refractivity contribution in [3.63, 3.8) is 0 Å². The number of nitrogen functional groups attached to an aromatic ring is 1. The third kappa shape index (κ3) is 3.85. The van der Waals surface area contributed by atoms with Crippen LogP contribution in [0.25, 0.3) is 0 Å². The lowest BCUT2D eigenvalue weighted by molar-refractivity contribution is 0.525. The van der Waals surface area contributed by atoms with E-state index in [-0.39, 0.29) is 0 Å². The molecule has 1 aliphatic rings. The van der Waals surface area contributed by atoms with Crippen molar-refractivity contribution in [3.8, 4) is 0 Å². The van der Waals surface area contributed by atoms with Crippen molar-refractivity contribution in [2.75, 3.05) is 17.2 Å². The van der Waals surface area contributed by atoms with E-state index in [1.165, 1.54) is 32.1 Å². The maximum atomic E-state index is 6.16. The maximum absolute atomic E-state index is 6.16. The number of pyridine rings is 1. The summed E-state index contributed by atoms with van der Waals surface area (Å²) in [4.78, 5) is 6.99. The molecule has 0 radical (unpaired) electrons. The predicted octanol–water partition coefficient (Wildman–Crippen LogP) is 4.22. The van der Waals surface area contributed by atoms with Crippen molar-refractivity contribution >= 4 is 27.4 Å². The van der Waals surface area contributed by atoms with Gasteiger partial charge in [-0.25, -0.2) is 4.98 Å². The summed E-state index contributed by atoms with van der Waals surface area (Å²) in [5.41, 5.74) is 6.94. The Bertz CT molecular complexity index is 414. The first-order valence-corrected chi connectivity index (χ1v) is 8.05. The highest BCUT2D eigenvalue weighted by Crippen LogP contribution is 2.31. The van der Waals surface area contributed by atoms with Crippen molar-refractivity contribution in [1.82, 2.24) is 4.98 Å². The van der Waals surface area contributed by atoms with Crippen LogP contribution in [0.1, 0.15) is 46.0 Å². The Morgan fingerprint density at radius 3 is 2.68 bits per heavy atom. The van der Waals surface area contributed by atoms with E-state index in [1.54, 1.807) is 0 Å². The summed E-state index contributed by atoms with van der Waals surface area (Å²) in [6, 6.07) is 2.58. The lowest BCUT2D eigenvalue weighted by atomic mass is 10.1. The van der Waals surface area contributed by atoms with Crippen LogP contribution >= 0.6 is 15.9 Å². The topological polar surface area (TPSA) is 42.2 Å². The Hall–Kier alpha value is -0.770. The van der Waals surface area contributed by atoms with Crippen LogP contribution in [0.5, 0.6) is 0 Å². The lowest BCUT2D eigenvalue weighted by Crippen LogP contribution is -2.36. The Kier molecular flexibility index (Phi) is 5.08. The second-order valence-corrected chi connectivity index (χ2v) is 6.80. The second kappa shape index (κ2) is 6.60. The van der Waals surface area contributed by atoms with Gasteiger partial charge in [0, 0.05) is 23.3 Å². The highest BCUT2D eigenvalue weighted by molar-refractivity contribution is 9.10. The van der Waals surface area contributed by atoms with Crippen LogP contribution in [-0.4, -0.2) is 17.6 Å². The number of halogens is 1. The van der Waals surface area contributed by atoms with Crippen LogP contribution in [0.4, 0.5) is 11.5 Å². The number of anilines is 2. The summed E-state index contributed by atoms with van der Waals surface area (Å²) in [6.07, 6.45) is 8.25. The first kappa shape index (κ1) is 14.6. The Morgan fingerprint density at radius 2 is 2.11 bits per heavy atom. The van der Waals surface area contributed by atoms with Gasteiger partial charge in [-0.05, 0) is 47.2 Å². The summed E-state index contributed by atoms with van der Waals surface area (Å²) in [6.45, 7) is 5.59. The monoisotopic (exact) mass is 325 g/mol. The zero-order valence-corrected chi connectivity index (χ0v) is 13.5. The van der Waals surface area contributed by atoms with Crippen LogP contribution in [0.3, 0.4) is 0 Å². The van der Waals surface area contributed by atoms with E-state index in [2.05, 4.69) is 39.7 Å². The minimum Gasteiger partial charge on any atom is -0.396 e. The summed E-state index contributed by atoms with van der Waals surface area (Å²) >= 11 is 3.43. The van der Waals surface area contributed by atoms with Gasteiger partial charge >= 0.3 is 0 Å². The second-order valence-electron chi connectivity index (χ2n) is 5.88. The fourth-order valence-corrected chi connectivity index (χ4v) is 3.11. The average Bonchev–Trinajstić information content (AvgIpc) is 2.85. The molecule has 2 rings (SSSR count). The number of nitrogens with two attached hydrogens (primary N) is 1. The Labute approximate surface area is 124 Å². The predicted molar refractivity (Wildman–Crippen MR) is 85.4 cm³/mol. The minimum atomic E-state index is 0.620. The molecule has 1 fully saturated rings. The zero-order valence-electron chi connectivity index (χ0n) is 11.9. The van der Waals surface area contributed by atoms with Gasteiger partial charge in [0.05, 0.1) is 5.69 Å². The molecule has 0 amide bonds. The molecule has 0 aliphatic heterocycles. The molecule has 2 N–H and O–H groups in total. The van der Waals surface area contributed by atoms with Crippen LogP contribution in [0.15, 0.2) is 16.7 Å². The number of aromatic nitrogens is 1. The van der Waals surface area contributed by atoms with Crippen molar-refractivity contribution < 1.29 is 0 Å². The minimum absolute atomic E-state index is 0.620. The normalized spacial score (nSPS) is 16.2. The van der Waals surface area contributed by atoms with Crippen LogP contribution in [0, 0.1) is 5.92 Å². The van der Waals surface area contributed by atoms with Crippen molar-refractivity contribution in [2.24, 2.45) is 5.92 Å². The Morgan fingerprint density at radius 1 is 1.42 bits per heavy atom. The molecule has 4 heteroatoms.